The second-order valence-electron chi connectivity index (χ2n) is 6.08. The molecule has 1 atom stereocenters. The summed E-state index contributed by atoms with van der Waals surface area (Å²) >= 11 is 0. The maximum Gasteiger partial charge on any atom is 0.0238 e. The van der Waals surface area contributed by atoms with Crippen LogP contribution in [-0.4, -0.2) is 6.04 Å². The molecule has 0 aromatic heterocycles. The monoisotopic (exact) mass is 254 g/mol. The molecule has 2 nitrogen and oxygen atoms in total. The minimum Gasteiger partial charge on any atom is -0.271 e. The van der Waals surface area contributed by atoms with Crippen molar-refractivity contribution in [3.05, 3.63) is 0 Å². The molecular formula is C16H34N2. The molecule has 1 aliphatic carbocycles. The highest BCUT2D eigenvalue weighted by Crippen LogP contribution is 2.34. The van der Waals surface area contributed by atoms with Crippen molar-refractivity contribution in [2.24, 2.45) is 11.8 Å². The van der Waals surface area contributed by atoms with Crippen LogP contribution in [0.25, 0.3) is 0 Å². The number of nitrogens with two attached hydrogens (primary N) is 1. The van der Waals surface area contributed by atoms with Crippen LogP contribution in [0.2, 0.25) is 0 Å². The topological polar surface area (TPSA) is 38.0 Å². The number of unbranched alkanes of at least 4 members (excludes halogenated alkanes) is 9. The van der Waals surface area contributed by atoms with Crippen molar-refractivity contribution in [2.45, 2.75) is 96.4 Å². The Bertz CT molecular complexity index is 178. The minimum absolute atomic E-state index is 0.610. The summed E-state index contributed by atoms with van der Waals surface area (Å²) in [5.41, 5.74) is 2.99. The summed E-state index contributed by atoms with van der Waals surface area (Å²) in [6.07, 6.45) is 18.3. The van der Waals surface area contributed by atoms with Gasteiger partial charge in [-0.15, -0.1) is 0 Å². The molecule has 0 saturated heterocycles. The molecule has 0 radical (unpaired) electrons. The lowest BCUT2D eigenvalue weighted by molar-refractivity contribution is 0.421. The second kappa shape index (κ2) is 10.8. The SMILES string of the molecule is CCCCCCCCCCCCC(NN)C1CC1. The second-order valence-corrected chi connectivity index (χ2v) is 6.08. The Labute approximate surface area is 114 Å². The van der Waals surface area contributed by atoms with E-state index in [1.54, 1.807) is 0 Å². The molecule has 108 valence electrons. The highest BCUT2D eigenvalue weighted by atomic mass is 15.2. The van der Waals surface area contributed by atoms with Crippen molar-refractivity contribution < 1.29 is 0 Å². The van der Waals surface area contributed by atoms with E-state index >= 15 is 0 Å². The Kier molecular flexibility index (Phi) is 9.59. The van der Waals surface area contributed by atoms with Crippen LogP contribution < -0.4 is 11.3 Å². The summed E-state index contributed by atoms with van der Waals surface area (Å²) in [7, 11) is 0. The summed E-state index contributed by atoms with van der Waals surface area (Å²) in [5.74, 6) is 6.48. The molecular weight excluding hydrogens is 220 g/mol. The van der Waals surface area contributed by atoms with E-state index in [1.807, 2.05) is 0 Å². The zero-order chi connectivity index (χ0) is 13.1. The van der Waals surface area contributed by atoms with Crippen LogP contribution in [0.15, 0.2) is 0 Å². The Morgan fingerprint density at radius 3 is 1.83 bits per heavy atom. The quantitative estimate of drug-likeness (QED) is 0.288. The molecule has 1 aliphatic rings. The van der Waals surface area contributed by atoms with E-state index in [-0.39, 0.29) is 0 Å². The van der Waals surface area contributed by atoms with Crippen LogP contribution in [0.1, 0.15) is 90.4 Å². The van der Waals surface area contributed by atoms with Crippen molar-refractivity contribution in [3.8, 4) is 0 Å². The van der Waals surface area contributed by atoms with Gasteiger partial charge in [0.2, 0.25) is 0 Å². The van der Waals surface area contributed by atoms with Crippen molar-refractivity contribution in [2.75, 3.05) is 0 Å². The average Bonchev–Trinajstić information content (AvgIpc) is 3.20. The number of nitrogens with one attached hydrogen (secondary N) is 1. The summed E-state index contributed by atoms with van der Waals surface area (Å²) in [6, 6.07) is 0.610. The van der Waals surface area contributed by atoms with Crippen molar-refractivity contribution in [1.29, 1.82) is 0 Å². The predicted molar refractivity (Wildman–Crippen MR) is 80.3 cm³/mol. The highest BCUT2D eigenvalue weighted by Gasteiger charge is 2.29. The van der Waals surface area contributed by atoms with Crippen molar-refractivity contribution in [1.82, 2.24) is 5.43 Å². The third kappa shape index (κ3) is 8.10. The molecule has 1 saturated carbocycles. The molecule has 0 aromatic rings. The molecule has 0 bridgehead atoms. The molecule has 0 aromatic carbocycles. The summed E-state index contributed by atoms with van der Waals surface area (Å²) < 4.78 is 0. The summed E-state index contributed by atoms with van der Waals surface area (Å²) in [6.45, 7) is 2.28. The lowest BCUT2D eigenvalue weighted by Gasteiger charge is -2.14. The molecule has 1 unspecified atom stereocenters. The van der Waals surface area contributed by atoms with Gasteiger partial charge in [-0.1, -0.05) is 71.1 Å². The van der Waals surface area contributed by atoms with Crippen LogP contribution >= 0.6 is 0 Å². The predicted octanol–water partition coefficient (Wildman–Crippen LogP) is 4.54. The normalized spacial score (nSPS) is 17.0. The Hall–Kier alpha value is -0.0800. The van der Waals surface area contributed by atoms with Crippen LogP contribution in [0.4, 0.5) is 0 Å². The Balaban J connectivity index is 1.75. The minimum atomic E-state index is 0.610. The van der Waals surface area contributed by atoms with Crippen LogP contribution in [0.5, 0.6) is 0 Å². The number of hydrogen-bond donors (Lipinski definition) is 2. The molecule has 18 heavy (non-hydrogen) atoms. The first-order chi connectivity index (χ1) is 8.88. The van der Waals surface area contributed by atoms with Gasteiger partial charge < -0.3 is 0 Å². The Morgan fingerprint density at radius 2 is 1.39 bits per heavy atom. The van der Waals surface area contributed by atoms with E-state index in [1.165, 1.54) is 83.5 Å². The smallest absolute Gasteiger partial charge is 0.0238 e. The molecule has 1 fully saturated rings. The number of hydrogen-bond acceptors (Lipinski definition) is 2. The molecule has 2 heteroatoms. The van der Waals surface area contributed by atoms with Crippen molar-refractivity contribution >= 4 is 0 Å². The summed E-state index contributed by atoms with van der Waals surface area (Å²) in [5, 5.41) is 0. The van der Waals surface area contributed by atoms with E-state index in [0.29, 0.717) is 6.04 Å². The fourth-order valence-electron chi connectivity index (χ4n) is 2.81. The van der Waals surface area contributed by atoms with E-state index in [0.717, 1.165) is 5.92 Å². The lowest BCUT2D eigenvalue weighted by Crippen LogP contribution is -2.36. The molecule has 0 spiro atoms. The fourth-order valence-corrected chi connectivity index (χ4v) is 2.81. The fraction of sp³-hybridized carbons (Fsp3) is 1.00. The van der Waals surface area contributed by atoms with E-state index in [9.17, 15) is 0 Å². The van der Waals surface area contributed by atoms with Gasteiger partial charge in [-0.2, -0.15) is 0 Å². The van der Waals surface area contributed by atoms with Gasteiger partial charge in [-0.05, 0) is 25.2 Å². The molecule has 0 aliphatic heterocycles. The Morgan fingerprint density at radius 1 is 0.889 bits per heavy atom. The van der Waals surface area contributed by atoms with Gasteiger partial charge in [0.15, 0.2) is 0 Å². The van der Waals surface area contributed by atoms with Crippen LogP contribution in [0, 0.1) is 5.92 Å². The third-order valence-corrected chi connectivity index (χ3v) is 4.27. The van der Waals surface area contributed by atoms with Gasteiger partial charge in [0.1, 0.15) is 0 Å². The largest absolute Gasteiger partial charge is 0.271 e. The first-order valence-corrected chi connectivity index (χ1v) is 8.34. The van der Waals surface area contributed by atoms with Gasteiger partial charge in [0, 0.05) is 6.04 Å². The van der Waals surface area contributed by atoms with Gasteiger partial charge in [0.05, 0.1) is 0 Å². The molecule has 1 rings (SSSR count). The number of rotatable bonds is 13. The van der Waals surface area contributed by atoms with Crippen molar-refractivity contribution in [3.63, 3.8) is 0 Å². The average molecular weight is 254 g/mol. The zero-order valence-electron chi connectivity index (χ0n) is 12.4. The molecule has 0 heterocycles. The van der Waals surface area contributed by atoms with Crippen LogP contribution in [0.3, 0.4) is 0 Å². The van der Waals surface area contributed by atoms with E-state index in [4.69, 9.17) is 5.84 Å². The summed E-state index contributed by atoms with van der Waals surface area (Å²) in [4.78, 5) is 0. The first kappa shape index (κ1) is 16.0. The maximum absolute atomic E-state index is 5.58. The maximum atomic E-state index is 5.58. The lowest BCUT2D eigenvalue weighted by atomic mass is 10.0. The van der Waals surface area contributed by atoms with E-state index in [2.05, 4.69) is 12.3 Å². The first-order valence-electron chi connectivity index (χ1n) is 8.34. The van der Waals surface area contributed by atoms with Gasteiger partial charge in [0.25, 0.3) is 0 Å². The van der Waals surface area contributed by atoms with Gasteiger partial charge >= 0.3 is 0 Å². The van der Waals surface area contributed by atoms with Crippen LogP contribution in [-0.2, 0) is 0 Å². The molecule has 3 N–H and O–H groups in total. The van der Waals surface area contributed by atoms with Gasteiger partial charge in [-0.25, -0.2) is 0 Å². The highest BCUT2D eigenvalue weighted by molar-refractivity contribution is 4.84. The van der Waals surface area contributed by atoms with E-state index < -0.39 is 0 Å². The number of hydrazine groups is 1. The van der Waals surface area contributed by atoms with Gasteiger partial charge in [-0.3, -0.25) is 11.3 Å². The standard InChI is InChI=1S/C16H34N2/c1-2-3-4-5-6-7-8-9-10-11-12-16(18-17)15-13-14-15/h15-16,18H,2-14,17H2,1H3. The zero-order valence-corrected chi connectivity index (χ0v) is 12.4. The molecule has 0 amide bonds. The third-order valence-electron chi connectivity index (χ3n) is 4.27.